The number of fused-ring (bicyclic) bond motifs is 1. The Labute approximate surface area is 193 Å². The van der Waals surface area contributed by atoms with E-state index >= 15 is 0 Å². The minimum absolute atomic E-state index is 0.0102. The lowest BCUT2D eigenvalue weighted by molar-refractivity contribution is -0.384. The van der Waals surface area contributed by atoms with Gasteiger partial charge in [-0.25, -0.2) is 4.79 Å². The number of anilines is 1. The van der Waals surface area contributed by atoms with E-state index in [9.17, 15) is 14.9 Å². The second-order valence-electron chi connectivity index (χ2n) is 8.85. The van der Waals surface area contributed by atoms with Gasteiger partial charge in [-0.3, -0.25) is 10.1 Å². The minimum atomic E-state index is -0.464. The first-order valence-electron chi connectivity index (χ1n) is 11.1. The average molecular weight is 455 g/mol. The van der Waals surface area contributed by atoms with E-state index in [1.165, 1.54) is 29.8 Å². The van der Waals surface area contributed by atoms with Crippen molar-refractivity contribution in [1.29, 1.82) is 0 Å². The molecule has 9 nitrogen and oxygen atoms in total. The van der Waals surface area contributed by atoms with Crippen LogP contribution in [0.3, 0.4) is 0 Å². The molecule has 2 N–H and O–H groups in total. The number of benzene rings is 2. The van der Waals surface area contributed by atoms with E-state index in [0.717, 1.165) is 43.7 Å². The molecule has 0 aromatic heterocycles. The summed E-state index contributed by atoms with van der Waals surface area (Å²) in [6.07, 6.45) is 3.73. The highest BCUT2D eigenvalue weighted by Crippen LogP contribution is 2.49. The van der Waals surface area contributed by atoms with Crippen molar-refractivity contribution in [1.82, 2.24) is 10.2 Å². The molecule has 1 aliphatic heterocycles. The molecule has 1 heterocycles. The Morgan fingerprint density at radius 3 is 2.52 bits per heavy atom. The van der Waals surface area contributed by atoms with Crippen molar-refractivity contribution in [3.8, 4) is 11.5 Å². The highest BCUT2D eigenvalue weighted by Gasteiger charge is 2.50. The number of carbonyl (C=O) groups is 1. The van der Waals surface area contributed by atoms with Gasteiger partial charge in [0.05, 0.1) is 19.1 Å². The smallest absolute Gasteiger partial charge is 0.319 e. The van der Waals surface area contributed by atoms with E-state index in [2.05, 4.69) is 34.7 Å². The third kappa shape index (κ3) is 4.45. The zero-order valence-corrected chi connectivity index (χ0v) is 19.2. The SMILES string of the molecule is COc1ccc([C@@]23CC[C@@H](NC(=O)Nc4ccc([N+](=O)[O-])cc4)C[C@@H]2N(C)CC3)cc1OC. The number of urea groups is 1. The molecule has 9 heteroatoms. The summed E-state index contributed by atoms with van der Waals surface area (Å²) >= 11 is 0. The van der Waals surface area contributed by atoms with Crippen LogP contribution >= 0.6 is 0 Å². The Hall–Kier alpha value is -3.33. The number of ether oxygens (including phenoxy) is 2. The van der Waals surface area contributed by atoms with E-state index in [1.807, 2.05) is 6.07 Å². The number of likely N-dealkylation sites (N-methyl/N-ethyl adjacent to an activating group) is 1. The first-order valence-corrected chi connectivity index (χ1v) is 11.1. The van der Waals surface area contributed by atoms with E-state index in [4.69, 9.17) is 9.47 Å². The number of carbonyl (C=O) groups excluding carboxylic acids is 1. The molecule has 2 amide bonds. The summed E-state index contributed by atoms with van der Waals surface area (Å²) in [6, 6.07) is 12.1. The highest BCUT2D eigenvalue weighted by atomic mass is 16.6. The first kappa shape index (κ1) is 22.8. The molecule has 0 bridgehead atoms. The molecule has 2 aromatic rings. The number of non-ortho nitro benzene ring substituents is 1. The Morgan fingerprint density at radius 2 is 1.85 bits per heavy atom. The van der Waals surface area contributed by atoms with Gasteiger partial charge in [-0.15, -0.1) is 0 Å². The maximum Gasteiger partial charge on any atom is 0.319 e. The number of nitro groups is 1. The Balaban J connectivity index is 1.45. The third-order valence-electron chi connectivity index (χ3n) is 7.16. The van der Waals surface area contributed by atoms with Crippen molar-refractivity contribution in [3.63, 3.8) is 0 Å². The zero-order valence-electron chi connectivity index (χ0n) is 19.2. The number of nitrogens with one attached hydrogen (secondary N) is 2. The fourth-order valence-electron chi connectivity index (χ4n) is 5.41. The van der Waals surface area contributed by atoms with Gasteiger partial charge in [-0.05, 0) is 69.1 Å². The fraction of sp³-hybridized carbons (Fsp3) is 0.458. The van der Waals surface area contributed by atoms with Gasteiger partial charge in [-0.1, -0.05) is 6.07 Å². The lowest BCUT2D eigenvalue weighted by Crippen LogP contribution is -2.52. The summed E-state index contributed by atoms with van der Waals surface area (Å²) in [6.45, 7) is 1.00. The predicted molar refractivity (Wildman–Crippen MR) is 125 cm³/mol. The van der Waals surface area contributed by atoms with Crippen LogP contribution in [0.15, 0.2) is 42.5 Å². The molecule has 1 saturated carbocycles. The van der Waals surface area contributed by atoms with Crippen molar-refractivity contribution in [2.75, 3.05) is 33.1 Å². The molecular weight excluding hydrogens is 424 g/mol. The molecule has 33 heavy (non-hydrogen) atoms. The van der Waals surface area contributed by atoms with Crippen LogP contribution in [0.4, 0.5) is 16.2 Å². The number of hydrogen-bond donors (Lipinski definition) is 2. The van der Waals surface area contributed by atoms with E-state index in [-0.39, 0.29) is 23.2 Å². The van der Waals surface area contributed by atoms with Crippen LogP contribution in [-0.4, -0.2) is 55.8 Å². The minimum Gasteiger partial charge on any atom is -0.493 e. The van der Waals surface area contributed by atoms with Gasteiger partial charge in [0.15, 0.2) is 11.5 Å². The number of nitro benzene ring substituents is 1. The summed E-state index contributed by atoms with van der Waals surface area (Å²) in [5.41, 5.74) is 1.78. The van der Waals surface area contributed by atoms with Crippen LogP contribution in [0.2, 0.25) is 0 Å². The van der Waals surface area contributed by atoms with E-state index < -0.39 is 4.92 Å². The van der Waals surface area contributed by atoms with Gasteiger partial charge >= 0.3 is 6.03 Å². The van der Waals surface area contributed by atoms with Crippen molar-refractivity contribution in [2.45, 2.75) is 43.2 Å². The molecule has 0 unspecified atom stereocenters. The summed E-state index contributed by atoms with van der Waals surface area (Å²) < 4.78 is 11.0. The molecule has 0 radical (unpaired) electrons. The molecule has 1 aliphatic carbocycles. The van der Waals surface area contributed by atoms with Crippen molar-refractivity contribution < 1.29 is 19.2 Å². The standard InChI is InChI=1S/C24H30N4O5/c1-27-13-12-24(16-4-9-20(32-2)21(14-16)33-3)11-10-18(15-22(24)27)26-23(29)25-17-5-7-19(8-6-17)28(30)31/h4-9,14,18,22H,10-13,15H2,1-3H3,(H2,25,26,29)/t18-,22+,24+/m1/s1. The van der Waals surface area contributed by atoms with Crippen molar-refractivity contribution in [2.24, 2.45) is 0 Å². The Morgan fingerprint density at radius 1 is 1.12 bits per heavy atom. The normalized spacial score (nSPS) is 24.6. The van der Waals surface area contributed by atoms with Crippen LogP contribution in [-0.2, 0) is 5.41 Å². The summed E-state index contributed by atoms with van der Waals surface area (Å²) in [4.78, 5) is 25.3. The molecule has 1 saturated heterocycles. The van der Waals surface area contributed by atoms with Gasteiger partial charge in [0, 0.05) is 35.3 Å². The van der Waals surface area contributed by atoms with Crippen LogP contribution < -0.4 is 20.1 Å². The van der Waals surface area contributed by atoms with Crippen LogP contribution in [0.25, 0.3) is 0 Å². The fourth-order valence-corrected chi connectivity index (χ4v) is 5.41. The van der Waals surface area contributed by atoms with Gasteiger partial charge in [-0.2, -0.15) is 0 Å². The quantitative estimate of drug-likeness (QED) is 0.506. The molecule has 0 spiro atoms. The summed E-state index contributed by atoms with van der Waals surface area (Å²) in [7, 11) is 5.44. The molecular formula is C24H30N4O5. The molecule has 176 valence electrons. The maximum absolute atomic E-state index is 12.6. The summed E-state index contributed by atoms with van der Waals surface area (Å²) in [5.74, 6) is 1.46. The number of rotatable bonds is 6. The highest BCUT2D eigenvalue weighted by molar-refractivity contribution is 5.89. The largest absolute Gasteiger partial charge is 0.493 e. The molecule has 2 aliphatic rings. The maximum atomic E-state index is 12.6. The third-order valence-corrected chi connectivity index (χ3v) is 7.16. The first-order chi connectivity index (χ1) is 15.9. The second-order valence-corrected chi connectivity index (χ2v) is 8.85. The number of amides is 2. The average Bonchev–Trinajstić information content (AvgIpc) is 3.16. The number of likely N-dealkylation sites (tertiary alicyclic amines) is 1. The van der Waals surface area contributed by atoms with Crippen LogP contribution in [0.5, 0.6) is 11.5 Å². The number of nitrogens with zero attached hydrogens (tertiary/aromatic N) is 2. The Bertz CT molecular complexity index is 1030. The predicted octanol–water partition coefficient (Wildman–Crippen LogP) is 3.93. The van der Waals surface area contributed by atoms with Gasteiger partial charge in [0.25, 0.3) is 5.69 Å². The van der Waals surface area contributed by atoms with Crippen LogP contribution in [0.1, 0.15) is 31.2 Å². The van der Waals surface area contributed by atoms with E-state index in [1.54, 1.807) is 14.2 Å². The molecule has 2 fully saturated rings. The van der Waals surface area contributed by atoms with Gasteiger partial charge in [0.2, 0.25) is 0 Å². The zero-order chi connectivity index (χ0) is 23.6. The topological polar surface area (TPSA) is 106 Å². The monoisotopic (exact) mass is 454 g/mol. The van der Waals surface area contributed by atoms with Gasteiger partial charge < -0.3 is 25.0 Å². The van der Waals surface area contributed by atoms with Gasteiger partial charge in [0.1, 0.15) is 0 Å². The number of hydrogen-bond acceptors (Lipinski definition) is 6. The summed E-state index contributed by atoms with van der Waals surface area (Å²) in [5, 5.41) is 16.7. The molecule has 4 rings (SSSR count). The number of methoxy groups -OCH3 is 2. The van der Waals surface area contributed by atoms with Crippen molar-refractivity contribution >= 4 is 17.4 Å². The molecule has 2 aromatic carbocycles. The van der Waals surface area contributed by atoms with Crippen LogP contribution in [0, 0.1) is 10.1 Å². The van der Waals surface area contributed by atoms with E-state index in [0.29, 0.717) is 11.7 Å². The second kappa shape index (κ2) is 9.27. The Kier molecular flexibility index (Phi) is 6.42. The molecule has 3 atom stereocenters. The lowest BCUT2D eigenvalue weighted by atomic mass is 9.65. The van der Waals surface area contributed by atoms with Crippen molar-refractivity contribution in [3.05, 3.63) is 58.1 Å². The lowest BCUT2D eigenvalue weighted by Gasteiger charge is -2.45.